The van der Waals surface area contributed by atoms with Gasteiger partial charge in [-0.3, -0.25) is 9.78 Å². The highest BCUT2D eigenvalue weighted by Crippen LogP contribution is 2.19. The molecule has 90 valence electrons. The summed E-state index contributed by atoms with van der Waals surface area (Å²) in [5, 5.41) is 18.4. The first-order valence-corrected chi connectivity index (χ1v) is 5.07. The quantitative estimate of drug-likeness (QED) is 0.693. The summed E-state index contributed by atoms with van der Waals surface area (Å²) in [6.45, 7) is 0.00632. The topological polar surface area (TPSA) is 104 Å². The lowest BCUT2D eigenvalue weighted by atomic mass is 10.2. The van der Waals surface area contributed by atoms with Crippen LogP contribution in [0.25, 0.3) is 0 Å². The van der Waals surface area contributed by atoms with Crippen LogP contribution in [0.3, 0.4) is 0 Å². The molecule has 0 aromatic carbocycles. The number of aliphatic carboxylic acids is 1. The molecule has 1 fully saturated rings. The van der Waals surface area contributed by atoms with Crippen molar-refractivity contribution in [3.8, 4) is 0 Å². The molecule has 0 saturated carbocycles. The van der Waals surface area contributed by atoms with Crippen molar-refractivity contribution in [2.24, 2.45) is 0 Å². The van der Waals surface area contributed by atoms with Gasteiger partial charge in [-0.2, -0.15) is 0 Å². The van der Waals surface area contributed by atoms with Crippen molar-refractivity contribution in [3.63, 3.8) is 0 Å². The fraction of sp³-hybridized carbons (Fsp3) is 0.400. The van der Waals surface area contributed by atoms with Gasteiger partial charge in [-0.15, -0.1) is 0 Å². The van der Waals surface area contributed by atoms with Gasteiger partial charge in [-0.1, -0.05) is 0 Å². The van der Waals surface area contributed by atoms with E-state index in [2.05, 4.69) is 9.97 Å². The van der Waals surface area contributed by atoms with Crippen LogP contribution in [0.15, 0.2) is 18.6 Å². The summed E-state index contributed by atoms with van der Waals surface area (Å²) in [5.41, 5.74) is 0.0767. The molecule has 1 aliphatic rings. The van der Waals surface area contributed by atoms with Crippen molar-refractivity contribution in [1.82, 2.24) is 14.9 Å². The average molecular weight is 237 g/mol. The zero-order chi connectivity index (χ0) is 12.4. The summed E-state index contributed by atoms with van der Waals surface area (Å²) >= 11 is 0. The predicted molar refractivity (Wildman–Crippen MR) is 55.1 cm³/mol. The van der Waals surface area contributed by atoms with Crippen LogP contribution < -0.4 is 0 Å². The fourth-order valence-electron chi connectivity index (χ4n) is 1.83. The zero-order valence-corrected chi connectivity index (χ0v) is 8.85. The van der Waals surface area contributed by atoms with Gasteiger partial charge in [-0.25, -0.2) is 9.78 Å². The summed E-state index contributed by atoms with van der Waals surface area (Å²) in [7, 11) is 0. The molecule has 0 radical (unpaired) electrons. The Morgan fingerprint density at radius 2 is 2.18 bits per heavy atom. The smallest absolute Gasteiger partial charge is 0.326 e. The van der Waals surface area contributed by atoms with Crippen LogP contribution in [-0.4, -0.2) is 55.6 Å². The minimum absolute atomic E-state index is 0.00632. The summed E-state index contributed by atoms with van der Waals surface area (Å²) < 4.78 is 0. The van der Waals surface area contributed by atoms with E-state index in [0.29, 0.717) is 0 Å². The molecule has 0 aliphatic carbocycles. The average Bonchev–Trinajstić information content (AvgIpc) is 2.72. The van der Waals surface area contributed by atoms with E-state index in [1.807, 2.05) is 0 Å². The van der Waals surface area contributed by atoms with Crippen molar-refractivity contribution >= 4 is 11.9 Å². The number of carboxylic acids is 1. The molecular formula is C10H11N3O4. The summed E-state index contributed by atoms with van der Waals surface area (Å²) in [4.78, 5) is 31.6. The third-order valence-corrected chi connectivity index (χ3v) is 2.61. The van der Waals surface area contributed by atoms with Crippen LogP contribution in [0.5, 0.6) is 0 Å². The molecule has 0 spiro atoms. The van der Waals surface area contributed by atoms with E-state index in [0.717, 1.165) is 4.90 Å². The van der Waals surface area contributed by atoms with Gasteiger partial charge in [0.2, 0.25) is 0 Å². The number of aromatic nitrogens is 2. The van der Waals surface area contributed by atoms with Gasteiger partial charge in [0, 0.05) is 25.4 Å². The van der Waals surface area contributed by atoms with Gasteiger partial charge in [0.15, 0.2) is 0 Å². The standard InChI is InChI=1S/C10H11N3O4/c14-6-3-8(10(16)17)13(5-6)9(15)7-4-11-1-2-12-7/h1-2,4,6,8,14H,3,5H2,(H,16,17)/t6?,8-/m0/s1. The van der Waals surface area contributed by atoms with Gasteiger partial charge in [0.1, 0.15) is 11.7 Å². The summed E-state index contributed by atoms with van der Waals surface area (Å²) in [6, 6.07) is -1.00. The van der Waals surface area contributed by atoms with Crippen molar-refractivity contribution in [1.29, 1.82) is 0 Å². The minimum Gasteiger partial charge on any atom is -0.480 e. The summed E-state index contributed by atoms with van der Waals surface area (Å²) in [5.74, 6) is -1.65. The maximum atomic E-state index is 12.0. The highest BCUT2D eigenvalue weighted by molar-refractivity contribution is 5.95. The largest absolute Gasteiger partial charge is 0.480 e. The zero-order valence-electron chi connectivity index (χ0n) is 8.85. The predicted octanol–water partition coefficient (Wildman–Crippen LogP) is -0.863. The van der Waals surface area contributed by atoms with Crippen molar-refractivity contribution < 1.29 is 19.8 Å². The number of carboxylic acid groups (broad SMARTS) is 1. The number of aliphatic hydroxyl groups excluding tert-OH is 1. The number of aliphatic hydroxyl groups is 1. The molecule has 17 heavy (non-hydrogen) atoms. The second kappa shape index (κ2) is 4.46. The van der Waals surface area contributed by atoms with E-state index in [9.17, 15) is 14.7 Å². The normalized spacial score (nSPS) is 23.7. The molecule has 2 N–H and O–H groups in total. The first-order chi connectivity index (χ1) is 8.09. The SMILES string of the molecule is O=C(O)[C@@H]1CC(O)CN1C(=O)c1cnccn1. The Bertz CT molecular complexity index is 436. The lowest BCUT2D eigenvalue weighted by Crippen LogP contribution is -2.40. The molecule has 1 saturated heterocycles. The van der Waals surface area contributed by atoms with Crippen LogP contribution >= 0.6 is 0 Å². The lowest BCUT2D eigenvalue weighted by molar-refractivity contribution is -0.141. The highest BCUT2D eigenvalue weighted by atomic mass is 16.4. The third kappa shape index (κ3) is 2.23. The minimum atomic E-state index is -1.13. The van der Waals surface area contributed by atoms with E-state index in [4.69, 9.17) is 5.11 Å². The van der Waals surface area contributed by atoms with Gasteiger partial charge >= 0.3 is 5.97 Å². The Morgan fingerprint density at radius 1 is 1.41 bits per heavy atom. The maximum Gasteiger partial charge on any atom is 0.326 e. The first-order valence-electron chi connectivity index (χ1n) is 5.07. The number of carbonyl (C=O) groups is 2. The molecule has 2 rings (SSSR count). The van der Waals surface area contributed by atoms with E-state index in [1.165, 1.54) is 18.6 Å². The number of hydrogen-bond donors (Lipinski definition) is 2. The van der Waals surface area contributed by atoms with Gasteiger partial charge in [-0.05, 0) is 0 Å². The van der Waals surface area contributed by atoms with Crippen LogP contribution in [0, 0.1) is 0 Å². The monoisotopic (exact) mass is 237 g/mol. The molecule has 1 aromatic heterocycles. The van der Waals surface area contributed by atoms with Gasteiger partial charge < -0.3 is 15.1 Å². The van der Waals surface area contributed by atoms with E-state index in [1.54, 1.807) is 0 Å². The number of carbonyl (C=O) groups excluding carboxylic acids is 1. The van der Waals surface area contributed by atoms with E-state index < -0.39 is 24.0 Å². The highest BCUT2D eigenvalue weighted by Gasteiger charge is 2.39. The Balaban J connectivity index is 2.22. The second-order valence-corrected chi connectivity index (χ2v) is 3.79. The molecule has 7 nitrogen and oxygen atoms in total. The molecule has 1 amide bonds. The molecule has 0 bridgehead atoms. The van der Waals surface area contributed by atoms with Crippen LogP contribution in [-0.2, 0) is 4.79 Å². The fourth-order valence-corrected chi connectivity index (χ4v) is 1.83. The van der Waals surface area contributed by atoms with E-state index in [-0.39, 0.29) is 18.7 Å². The van der Waals surface area contributed by atoms with Crippen molar-refractivity contribution in [3.05, 3.63) is 24.3 Å². The molecule has 2 atom stereocenters. The Morgan fingerprint density at radius 3 is 2.76 bits per heavy atom. The molecule has 1 unspecified atom stereocenters. The van der Waals surface area contributed by atoms with Crippen LogP contribution in [0.4, 0.5) is 0 Å². The molecule has 1 aromatic rings. The molecule has 1 aliphatic heterocycles. The Kier molecular flexibility index (Phi) is 3.01. The number of rotatable bonds is 2. The number of likely N-dealkylation sites (tertiary alicyclic amines) is 1. The molecular weight excluding hydrogens is 226 g/mol. The van der Waals surface area contributed by atoms with Crippen LogP contribution in [0.1, 0.15) is 16.9 Å². The number of β-amino-alcohol motifs (C(OH)–C–C–N with tert-alkyl or cyclic N) is 1. The second-order valence-electron chi connectivity index (χ2n) is 3.79. The maximum absolute atomic E-state index is 12.0. The molecule has 7 heteroatoms. The number of hydrogen-bond acceptors (Lipinski definition) is 5. The van der Waals surface area contributed by atoms with Crippen LogP contribution in [0.2, 0.25) is 0 Å². The van der Waals surface area contributed by atoms with Crippen molar-refractivity contribution in [2.45, 2.75) is 18.6 Å². The van der Waals surface area contributed by atoms with Crippen molar-refractivity contribution in [2.75, 3.05) is 6.54 Å². The van der Waals surface area contributed by atoms with Gasteiger partial charge in [0.05, 0.1) is 12.3 Å². The Hall–Kier alpha value is -2.02. The number of amides is 1. The lowest BCUT2D eigenvalue weighted by Gasteiger charge is -2.20. The molecule has 2 heterocycles. The number of nitrogens with zero attached hydrogens (tertiary/aromatic N) is 3. The van der Waals surface area contributed by atoms with E-state index >= 15 is 0 Å². The summed E-state index contributed by atoms with van der Waals surface area (Å²) in [6.07, 6.45) is 3.28. The van der Waals surface area contributed by atoms with Gasteiger partial charge in [0.25, 0.3) is 5.91 Å². The first kappa shape index (κ1) is 11.5. The third-order valence-electron chi connectivity index (χ3n) is 2.61. The Labute approximate surface area is 96.7 Å².